The average Bonchev–Trinajstić information content (AvgIpc) is 2.40. The predicted molar refractivity (Wildman–Crippen MR) is 71.4 cm³/mol. The number of benzene rings is 1. The lowest BCUT2D eigenvalue weighted by Gasteiger charge is -2.09. The first-order valence-corrected chi connectivity index (χ1v) is 6.74. The molecule has 0 radical (unpaired) electrons. The Morgan fingerprint density at radius 1 is 1.28 bits per heavy atom. The molecular formula is C12H12N3O2P. The second-order valence-corrected chi connectivity index (χ2v) is 4.98. The Bertz CT molecular complexity index is 584. The fourth-order valence-electron chi connectivity index (χ4n) is 1.57. The third kappa shape index (κ3) is 3.05. The van der Waals surface area contributed by atoms with Crippen molar-refractivity contribution in [2.75, 3.05) is 5.32 Å². The number of nitrogens with zero attached hydrogens (tertiary/aromatic N) is 2. The van der Waals surface area contributed by atoms with E-state index in [0.717, 1.165) is 11.4 Å². The van der Waals surface area contributed by atoms with E-state index in [2.05, 4.69) is 10.1 Å². The molecule has 0 heterocycles. The summed E-state index contributed by atoms with van der Waals surface area (Å²) in [6.07, 6.45) is 6.00. The molecule has 5 nitrogen and oxygen atoms in total. The Morgan fingerprint density at radius 3 is 2.50 bits per heavy atom. The molecule has 1 atom stereocenters. The van der Waals surface area contributed by atoms with Crippen LogP contribution in [0.5, 0.6) is 0 Å². The monoisotopic (exact) mass is 261 g/mol. The number of allylic oxidation sites excluding steroid dienone is 3. The Labute approximate surface area is 105 Å². The van der Waals surface area contributed by atoms with Crippen molar-refractivity contribution in [2.24, 2.45) is 0 Å². The van der Waals surface area contributed by atoms with E-state index < -0.39 is 8.03 Å². The number of hydrogen-bond acceptors (Lipinski definition) is 2. The SMILES string of the molecule is [N-]=[N+]=C1C=CC(Nc2ccc([PH](=O)O)cc2)=CC1. The van der Waals surface area contributed by atoms with Gasteiger partial charge in [0.15, 0.2) is 0 Å². The van der Waals surface area contributed by atoms with Gasteiger partial charge in [-0.2, -0.15) is 4.79 Å². The summed E-state index contributed by atoms with van der Waals surface area (Å²) in [6.45, 7) is 0. The first-order valence-electron chi connectivity index (χ1n) is 5.38. The van der Waals surface area contributed by atoms with Crippen LogP contribution in [-0.2, 0) is 4.57 Å². The maximum atomic E-state index is 10.9. The van der Waals surface area contributed by atoms with E-state index >= 15 is 0 Å². The Hall–Kier alpha value is -1.93. The topological polar surface area (TPSA) is 85.7 Å². The fourth-order valence-corrected chi connectivity index (χ4v) is 2.02. The van der Waals surface area contributed by atoms with Crippen molar-refractivity contribution in [2.45, 2.75) is 6.42 Å². The van der Waals surface area contributed by atoms with Crippen molar-refractivity contribution in [1.29, 1.82) is 0 Å². The van der Waals surface area contributed by atoms with Crippen molar-refractivity contribution in [3.63, 3.8) is 0 Å². The molecule has 0 saturated heterocycles. The molecule has 0 aliphatic heterocycles. The molecule has 6 heteroatoms. The zero-order valence-electron chi connectivity index (χ0n) is 9.50. The van der Waals surface area contributed by atoms with Gasteiger partial charge in [-0.15, -0.1) is 0 Å². The normalized spacial score (nSPS) is 15.8. The maximum absolute atomic E-state index is 10.9. The van der Waals surface area contributed by atoms with Gasteiger partial charge in [0.1, 0.15) is 0 Å². The Kier molecular flexibility index (Phi) is 3.90. The molecule has 0 spiro atoms. The molecule has 1 unspecified atom stereocenters. The minimum atomic E-state index is -2.62. The van der Waals surface area contributed by atoms with Gasteiger partial charge in [0.2, 0.25) is 8.03 Å². The minimum absolute atomic E-state index is 0.438. The van der Waals surface area contributed by atoms with Crippen LogP contribution in [0.3, 0.4) is 0 Å². The van der Waals surface area contributed by atoms with Gasteiger partial charge in [0.05, 0.1) is 6.42 Å². The molecular weight excluding hydrogens is 249 g/mol. The van der Waals surface area contributed by atoms with Crippen molar-refractivity contribution >= 4 is 24.7 Å². The molecule has 18 heavy (non-hydrogen) atoms. The van der Waals surface area contributed by atoms with Crippen LogP contribution < -0.4 is 10.6 Å². The van der Waals surface area contributed by atoms with E-state index in [1.165, 1.54) is 0 Å². The lowest BCUT2D eigenvalue weighted by atomic mass is 10.1. The quantitative estimate of drug-likeness (QED) is 0.493. The van der Waals surface area contributed by atoms with E-state index in [1.807, 2.05) is 6.08 Å². The van der Waals surface area contributed by atoms with Crippen LogP contribution in [0.25, 0.3) is 5.53 Å². The molecule has 0 fully saturated rings. The summed E-state index contributed by atoms with van der Waals surface area (Å²) in [7, 11) is -2.62. The van der Waals surface area contributed by atoms with E-state index in [-0.39, 0.29) is 0 Å². The highest BCUT2D eigenvalue weighted by atomic mass is 31.1. The summed E-state index contributed by atoms with van der Waals surface area (Å²) in [4.78, 5) is 12.1. The van der Waals surface area contributed by atoms with Gasteiger partial charge in [-0.3, -0.25) is 4.57 Å². The Morgan fingerprint density at radius 2 is 2.00 bits per heavy atom. The van der Waals surface area contributed by atoms with Crippen molar-refractivity contribution in [1.82, 2.24) is 0 Å². The van der Waals surface area contributed by atoms with E-state index in [9.17, 15) is 4.57 Å². The van der Waals surface area contributed by atoms with Crippen LogP contribution in [0.4, 0.5) is 5.69 Å². The van der Waals surface area contributed by atoms with Crippen molar-refractivity contribution in [3.05, 3.63) is 53.7 Å². The van der Waals surface area contributed by atoms with E-state index in [4.69, 9.17) is 10.4 Å². The van der Waals surface area contributed by atoms with Gasteiger partial charge in [-0.25, -0.2) is 0 Å². The molecule has 0 aromatic heterocycles. The second-order valence-electron chi connectivity index (χ2n) is 3.80. The highest BCUT2D eigenvalue weighted by Gasteiger charge is 2.08. The summed E-state index contributed by atoms with van der Waals surface area (Å²) in [5, 5.41) is 3.60. The van der Waals surface area contributed by atoms with Crippen LogP contribution >= 0.6 is 8.03 Å². The second kappa shape index (κ2) is 5.61. The third-order valence-electron chi connectivity index (χ3n) is 2.54. The van der Waals surface area contributed by atoms with E-state index in [0.29, 0.717) is 17.4 Å². The zero-order chi connectivity index (χ0) is 13.0. The number of anilines is 1. The zero-order valence-corrected chi connectivity index (χ0v) is 10.5. The van der Waals surface area contributed by atoms with Crippen LogP contribution in [0.15, 0.2) is 48.2 Å². The molecule has 2 rings (SSSR count). The summed E-state index contributed by atoms with van der Waals surface area (Å²) in [5.74, 6) is 0. The summed E-state index contributed by atoms with van der Waals surface area (Å²) in [6, 6.07) is 6.74. The highest BCUT2D eigenvalue weighted by molar-refractivity contribution is 7.47. The van der Waals surface area contributed by atoms with Gasteiger partial charge < -0.3 is 15.7 Å². The highest BCUT2D eigenvalue weighted by Crippen LogP contribution is 2.17. The first kappa shape index (κ1) is 12.5. The van der Waals surface area contributed by atoms with E-state index in [1.54, 1.807) is 36.4 Å². The molecule has 2 N–H and O–H groups in total. The standard InChI is InChI=1S/C12H12N3O2P/c13-15-11-3-1-9(2-4-11)14-10-5-7-12(8-6-10)18(16)17/h1-3,5-8,14,18H,4H2,(H,16,17). The maximum Gasteiger partial charge on any atom is 0.295 e. The molecule has 0 amide bonds. The van der Waals surface area contributed by atoms with Gasteiger partial charge in [0, 0.05) is 22.8 Å². The van der Waals surface area contributed by atoms with Crippen LogP contribution in [0, 0.1) is 0 Å². The largest absolute Gasteiger partial charge is 0.361 e. The van der Waals surface area contributed by atoms with Crippen LogP contribution in [0.2, 0.25) is 0 Å². The van der Waals surface area contributed by atoms with Gasteiger partial charge in [0.25, 0.3) is 5.71 Å². The number of hydrogen-bond donors (Lipinski definition) is 2. The predicted octanol–water partition coefficient (Wildman–Crippen LogP) is 1.71. The average molecular weight is 261 g/mol. The number of nitrogens with one attached hydrogen (secondary N) is 1. The number of rotatable bonds is 3. The molecule has 1 aromatic carbocycles. The minimum Gasteiger partial charge on any atom is -0.361 e. The van der Waals surface area contributed by atoms with Crippen molar-refractivity contribution in [3.8, 4) is 0 Å². The van der Waals surface area contributed by atoms with Crippen LogP contribution in [-0.4, -0.2) is 15.4 Å². The summed E-state index contributed by atoms with van der Waals surface area (Å²) in [5.41, 5.74) is 10.9. The molecule has 0 saturated carbocycles. The molecule has 1 aliphatic rings. The first-order chi connectivity index (χ1) is 8.69. The van der Waals surface area contributed by atoms with Crippen molar-refractivity contribution < 1.29 is 14.2 Å². The van der Waals surface area contributed by atoms with Crippen LogP contribution in [0.1, 0.15) is 6.42 Å². The smallest absolute Gasteiger partial charge is 0.295 e. The molecule has 1 aliphatic carbocycles. The van der Waals surface area contributed by atoms with Gasteiger partial charge >= 0.3 is 0 Å². The summed E-state index contributed by atoms with van der Waals surface area (Å²) >= 11 is 0. The Balaban J connectivity index is 2.07. The van der Waals surface area contributed by atoms with Gasteiger partial charge in [-0.1, -0.05) is 0 Å². The molecule has 92 valence electrons. The lowest BCUT2D eigenvalue weighted by molar-refractivity contribution is -0.00540. The summed E-state index contributed by atoms with van der Waals surface area (Å²) < 4.78 is 10.9. The lowest BCUT2D eigenvalue weighted by Crippen LogP contribution is -2.05. The fraction of sp³-hybridized carbons (Fsp3) is 0.0833. The molecule has 0 bridgehead atoms. The van der Waals surface area contributed by atoms with Gasteiger partial charge in [-0.05, 0) is 36.4 Å². The molecule has 1 aromatic rings. The third-order valence-corrected chi connectivity index (χ3v) is 3.36.